The van der Waals surface area contributed by atoms with Crippen LogP contribution in [0.4, 0.5) is 10.2 Å². The van der Waals surface area contributed by atoms with Gasteiger partial charge in [0.15, 0.2) is 5.82 Å². The van der Waals surface area contributed by atoms with Crippen molar-refractivity contribution in [3.8, 4) is 23.2 Å². The molecule has 8 nitrogen and oxygen atoms in total. The van der Waals surface area contributed by atoms with Crippen LogP contribution in [0.15, 0.2) is 24.4 Å². The molecular formula is C21H20FN7O. The summed E-state index contributed by atoms with van der Waals surface area (Å²) < 4.78 is 21.7. The molecule has 2 N–H and O–H groups in total. The van der Waals surface area contributed by atoms with Gasteiger partial charge in [-0.2, -0.15) is 10.4 Å². The van der Waals surface area contributed by atoms with E-state index < -0.39 is 6.10 Å². The zero-order valence-corrected chi connectivity index (χ0v) is 16.8. The van der Waals surface area contributed by atoms with Gasteiger partial charge in [0.25, 0.3) is 5.88 Å². The van der Waals surface area contributed by atoms with E-state index in [4.69, 9.17) is 10.5 Å². The predicted molar refractivity (Wildman–Crippen MR) is 107 cm³/mol. The monoisotopic (exact) mass is 405 g/mol. The van der Waals surface area contributed by atoms with E-state index in [1.807, 2.05) is 14.0 Å². The summed E-state index contributed by atoms with van der Waals surface area (Å²) in [5, 5.41) is 14.4. The Labute approximate surface area is 172 Å². The third kappa shape index (κ3) is 2.57. The Morgan fingerprint density at radius 3 is 2.80 bits per heavy atom. The van der Waals surface area contributed by atoms with E-state index in [0.29, 0.717) is 17.0 Å². The molecule has 0 spiro atoms. The predicted octanol–water partition coefficient (Wildman–Crippen LogP) is 3.04. The molecule has 30 heavy (non-hydrogen) atoms. The summed E-state index contributed by atoms with van der Waals surface area (Å²) in [5.41, 5.74) is 10.0. The summed E-state index contributed by atoms with van der Waals surface area (Å²) in [6, 6.07) is 7.07. The number of nitrogens with two attached hydrogens (primary N) is 1. The van der Waals surface area contributed by atoms with Gasteiger partial charge in [0.1, 0.15) is 23.7 Å². The number of aryl methyl sites for hydroxylation is 1. The molecule has 0 radical (unpaired) electrons. The number of rotatable bonds is 0. The van der Waals surface area contributed by atoms with Crippen LogP contribution in [-0.2, 0) is 7.05 Å². The van der Waals surface area contributed by atoms with Crippen LogP contribution in [-0.4, -0.2) is 31.7 Å². The first-order valence-corrected chi connectivity index (χ1v) is 9.66. The largest absolute Gasteiger partial charge is 0.467 e. The molecule has 1 saturated heterocycles. The van der Waals surface area contributed by atoms with Crippen LogP contribution in [0.1, 0.15) is 54.0 Å². The standard InChI is InChI=1S/C21H20FN7O/c1-10-13-6-11(22)4-5-12(13)15-7-16(28(15)2)19-18(17(8-23)29(3)27-19)14-9-25-20(24)21(26-14)30-10/h4-6,9-10,15-16H,7H2,1-3H3,(H2,24,25)/t10-,15?,16?/m1/s1. The lowest BCUT2D eigenvalue weighted by atomic mass is 9.82. The summed E-state index contributed by atoms with van der Waals surface area (Å²) >= 11 is 0. The van der Waals surface area contributed by atoms with Crippen molar-refractivity contribution in [3.63, 3.8) is 0 Å². The highest BCUT2D eigenvalue weighted by Crippen LogP contribution is 2.50. The topological polar surface area (TPSA) is 106 Å². The highest BCUT2D eigenvalue weighted by Gasteiger charge is 2.43. The van der Waals surface area contributed by atoms with E-state index in [2.05, 4.69) is 26.0 Å². The van der Waals surface area contributed by atoms with Gasteiger partial charge >= 0.3 is 0 Å². The van der Waals surface area contributed by atoms with E-state index in [9.17, 15) is 9.65 Å². The number of anilines is 1. The molecule has 3 aliphatic heterocycles. The van der Waals surface area contributed by atoms with E-state index in [1.54, 1.807) is 17.8 Å². The van der Waals surface area contributed by atoms with Gasteiger partial charge in [-0.15, -0.1) is 0 Å². The lowest BCUT2D eigenvalue weighted by molar-refractivity contribution is 0.0373. The van der Waals surface area contributed by atoms with Crippen molar-refractivity contribution >= 4 is 5.82 Å². The number of nitrogen functional groups attached to an aromatic ring is 1. The molecule has 1 aromatic carbocycles. The molecule has 4 bridgehead atoms. The quantitative estimate of drug-likeness (QED) is 0.613. The first-order chi connectivity index (χ1) is 14.4. The van der Waals surface area contributed by atoms with Crippen LogP contribution in [0.5, 0.6) is 5.88 Å². The fourth-order valence-electron chi connectivity index (χ4n) is 4.45. The van der Waals surface area contributed by atoms with Crippen molar-refractivity contribution in [3.05, 3.63) is 52.7 Å². The van der Waals surface area contributed by atoms with Crippen molar-refractivity contribution in [2.45, 2.75) is 31.5 Å². The molecule has 2 unspecified atom stereocenters. The minimum absolute atomic E-state index is 0.00495. The number of fused-ring (bicyclic) bond motifs is 1. The van der Waals surface area contributed by atoms with Gasteiger partial charge in [0.2, 0.25) is 0 Å². The SMILES string of the molecule is C[C@H]1Oc2nc(cnc2N)-c2c(nn(C)c2C#N)C2CC(c3ccc(F)cc31)N2C. The van der Waals surface area contributed by atoms with Gasteiger partial charge in [0.05, 0.1) is 29.2 Å². The number of benzene rings is 1. The lowest BCUT2D eigenvalue weighted by Crippen LogP contribution is -2.42. The van der Waals surface area contributed by atoms with Crippen LogP contribution in [0.25, 0.3) is 11.3 Å². The van der Waals surface area contributed by atoms with E-state index in [-0.39, 0.29) is 29.6 Å². The van der Waals surface area contributed by atoms with E-state index in [1.165, 1.54) is 18.3 Å². The first-order valence-electron chi connectivity index (χ1n) is 9.66. The van der Waals surface area contributed by atoms with Crippen LogP contribution in [0.2, 0.25) is 0 Å². The molecule has 0 amide bonds. The van der Waals surface area contributed by atoms with Gasteiger partial charge in [0, 0.05) is 13.1 Å². The van der Waals surface area contributed by atoms with Crippen LogP contribution >= 0.6 is 0 Å². The summed E-state index contributed by atoms with van der Waals surface area (Å²) in [4.78, 5) is 11.0. The van der Waals surface area contributed by atoms with Crippen molar-refractivity contribution in [2.75, 3.05) is 12.8 Å². The van der Waals surface area contributed by atoms with Crippen LogP contribution in [0.3, 0.4) is 0 Å². The Kier molecular flexibility index (Phi) is 4.01. The molecule has 0 saturated carbocycles. The minimum Gasteiger partial charge on any atom is -0.467 e. The number of hydrogen-bond donors (Lipinski definition) is 1. The van der Waals surface area contributed by atoms with Gasteiger partial charge in [-0.1, -0.05) is 6.07 Å². The number of ether oxygens (including phenoxy) is 1. The second-order valence-corrected chi connectivity index (χ2v) is 7.76. The third-order valence-corrected chi connectivity index (χ3v) is 6.08. The second kappa shape index (κ2) is 6.50. The summed E-state index contributed by atoms with van der Waals surface area (Å²) in [6.07, 6.45) is 1.83. The smallest absolute Gasteiger partial charge is 0.258 e. The summed E-state index contributed by atoms with van der Waals surface area (Å²) in [6.45, 7) is 1.84. The number of nitrogens with zero attached hydrogens (tertiary/aromatic N) is 6. The molecule has 3 atom stereocenters. The van der Waals surface area contributed by atoms with Crippen molar-refractivity contribution in [2.24, 2.45) is 7.05 Å². The Morgan fingerprint density at radius 1 is 1.27 bits per heavy atom. The Morgan fingerprint density at radius 2 is 2.07 bits per heavy atom. The van der Waals surface area contributed by atoms with Crippen molar-refractivity contribution in [1.29, 1.82) is 5.26 Å². The van der Waals surface area contributed by atoms with Gasteiger partial charge in [-0.3, -0.25) is 9.58 Å². The minimum atomic E-state index is -0.488. The van der Waals surface area contributed by atoms with Crippen LogP contribution < -0.4 is 10.5 Å². The molecule has 0 aliphatic carbocycles. The first kappa shape index (κ1) is 18.5. The molecule has 3 aliphatic rings. The fraction of sp³-hybridized carbons (Fsp3) is 0.333. The Bertz CT molecular complexity index is 1210. The lowest BCUT2D eigenvalue weighted by Gasteiger charge is -2.47. The normalized spacial score (nSPS) is 22.4. The highest BCUT2D eigenvalue weighted by atomic mass is 19.1. The maximum atomic E-state index is 14.1. The molecular weight excluding hydrogens is 385 g/mol. The number of halogens is 1. The van der Waals surface area contributed by atoms with Gasteiger partial charge in [-0.25, -0.2) is 14.4 Å². The maximum absolute atomic E-state index is 14.1. The Balaban J connectivity index is 1.77. The zero-order valence-electron chi connectivity index (χ0n) is 16.8. The molecule has 1 fully saturated rings. The van der Waals surface area contributed by atoms with E-state index >= 15 is 0 Å². The molecule has 6 rings (SSSR count). The number of nitriles is 1. The molecule has 3 aromatic rings. The molecule has 152 valence electrons. The highest BCUT2D eigenvalue weighted by molar-refractivity contribution is 5.70. The maximum Gasteiger partial charge on any atom is 0.258 e. The summed E-state index contributed by atoms with van der Waals surface area (Å²) in [5.74, 6) is -0.0448. The number of aromatic nitrogens is 4. The van der Waals surface area contributed by atoms with E-state index in [0.717, 1.165) is 23.2 Å². The number of hydrogen-bond acceptors (Lipinski definition) is 7. The third-order valence-electron chi connectivity index (χ3n) is 6.08. The zero-order chi connectivity index (χ0) is 21.2. The van der Waals surface area contributed by atoms with Gasteiger partial charge < -0.3 is 10.5 Å². The fourth-order valence-corrected chi connectivity index (χ4v) is 4.45. The van der Waals surface area contributed by atoms with Crippen LogP contribution in [0, 0.1) is 17.1 Å². The van der Waals surface area contributed by atoms with Crippen molar-refractivity contribution < 1.29 is 9.13 Å². The second-order valence-electron chi connectivity index (χ2n) is 7.76. The molecule has 2 aromatic heterocycles. The average molecular weight is 405 g/mol. The molecule has 5 heterocycles. The molecule has 9 heteroatoms. The summed E-state index contributed by atoms with van der Waals surface area (Å²) in [7, 11) is 3.75. The van der Waals surface area contributed by atoms with Crippen molar-refractivity contribution in [1.82, 2.24) is 24.6 Å². The average Bonchev–Trinajstić information content (AvgIpc) is 3.04. The Hall–Kier alpha value is -3.51. The van der Waals surface area contributed by atoms with Gasteiger partial charge in [-0.05, 0) is 43.7 Å².